The highest BCUT2D eigenvalue weighted by atomic mass is 16.6. The lowest BCUT2D eigenvalue weighted by molar-refractivity contribution is -0.165. The summed E-state index contributed by atoms with van der Waals surface area (Å²) in [5.74, 6) is -13.4. The van der Waals surface area contributed by atoms with Crippen LogP contribution in [0.3, 0.4) is 0 Å². The van der Waals surface area contributed by atoms with Crippen LogP contribution in [0.25, 0.3) is 0 Å². The van der Waals surface area contributed by atoms with Crippen LogP contribution in [0.4, 0.5) is 4.79 Å². The van der Waals surface area contributed by atoms with Gasteiger partial charge >= 0.3 is 12.1 Å². The van der Waals surface area contributed by atoms with E-state index in [1.54, 1.807) is 142 Å². The summed E-state index contributed by atoms with van der Waals surface area (Å²) in [6, 6.07) is 38.9. The van der Waals surface area contributed by atoms with Gasteiger partial charge in [-0.3, -0.25) is 52.7 Å². The second-order valence-electron chi connectivity index (χ2n) is 24.0. The van der Waals surface area contributed by atoms with E-state index in [2.05, 4.69) is 16.0 Å². The minimum Gasteiger partial charge on any atom is -0.459 e. The first-order valence-electron chi connectivity index (χ1n) is 30.8. The number of esters is 1. The van der Waals surface area contributed by atoms with Crippen molar-refractivity contribution < 1.29 is 71.8 Å². The number of ether oxygens (including phenoxy) is 2. The number of carbonyl (C=O) groups is 13. The average molecular weight is 1300 g/mol. The molecule has 6 atom stereocenters. The molecule has 3 aliphatic rings. The fraction of sp³-hybridized carbons (Fsp3) is 0.236. The van der Waals surface area contributed by atoms with E-state index < -0.39 is 132 Å². The Morgan fingerprint density at radius 3 is 0.896 bits per heavy atom. The van der Waals surface area contributed by atoms with Gasteiger partial charge < -0.3 is 25.4 Å². The van der Waals surface area contributed by atoms with Crippen molar-refractivity contribution in [1.29, 1.82) is 0 Å². The molecule has 24 heteroatoms. The molecule has 3 heterocycles. The van der Waals surface area contributed by atoms with E-state index in [1.165, 1.54) is 79.7 Å². The molecule has 0 fully saturated rings. The Morgan fingerprint density at radius 2 is 0.615 bits per heavy atom. The fourth-order valence-electron chi connectivity index (χ4n) is 11.3. The fourth-order valence-corrected chi connectivity index (χ4v) is 11.3. The third-order valence-corrected chi connectivity index (χ3v) is 16.1. The molecule has 24 nitrogen and oxygen atoms in total. The Hall–Kier alpha value is -12.0. The maximum Gasteiger partial charge on any atom is 0.408 e. The van der Waals surface area contributed by atoms with E-state index in [4.69, 9.17) is 9.47 Å². The number of hydrogen-bond acceptors (Lipinski definition) is 15. The monoisotopic (exact) mass is 1300 g/mol. The predicted octanol–water partition coefficient (Wildman–Crippen LogP) is 6.61. The number of nitrogens with one attached hydrogen (secondary N) is 3. The van der Waals surface area contributed by atoms with Gasteiger partial charge in [0.05, 0.1) is 33.4 Å². The molecular weight excluding hydrogens is 1230 g/mol. The molecule has 0 radical (unpaired) electrons. The summed E-state index contributed by atoms with van der Waals surface area (Å²) in [5, 5.41) is 10.9. The lowest BCUT2D eigenvalue weighted by atomic mass is 10.0. The molecule has 10 rings (SSSR count). The number of hydrogen-bond donors (Lipinski definition) is 3. The third-order valence-electron chi connectivity index (χ3n) is 16.1. The van der Waals surface area contributed by atoms with Gasteiger partial charge in [-0.05, 0) is 100 Å². The number of rotatable bonds is 23. The van der Waals surface area contributed by atoms with Crippen LogP contribution in [0.1, 0.15) is 126 Å². The second-order valence-corrected chi connectivity index (χ2v) is 24.0. The zero-order valence-electron chi connectivity index (χ0n) is 53.1. The number of fused-ring (bicyclic) bond motifs is 3. The zero-order valence-corrected chi connectivity index (χ0v) is 53.1. The Kier molecular flexibility index (Phi) is 19.9. The van der Waals surface area contributed by atoms with E-state index in [1.807, 2.05) is 0 Å². The molecule has 96 heavy (non-hydrogen) atoms. The van der Waals surface area contributed by atoms with Crippen LogP contribution in [-0.4, -0.2) is 149 Å². The van der Waals surface area contributed by atoms with Crippen molar-refractivity contribution in [2.75, 3.05) is 0 Å². The van der Waals surface area contributed by atoms with Crippen molar-refractivity contribution in [1.82, 2.24) is 46.0 Å². The van der Waals surface area contributed by atoms with E-state index in [0.717, 1.165) is 13.8 Å². The van der Waals surface area contributed by atoms with Gasteiger partial charge in [0.15, 0.2) is 0 Å². The number of imide groups is 3. The highest BCUT2D eigenvalue weighted by Crippen LogP contribution is 2.31. The highest BCUT2D eigenvalue weighted by Gasteiger charge is 2.52. The van der Waals surface area contributed by atoms with Crippen molar-refractivity contribution in [2.45, 2.75) is 109 Å². The number of carbonyl (C=O) groups excluding carboxylic acids is 13. The Bertz CT molecular complexity index is 4120. The van der Waals surface area contributed by atoms with Gasteiger partial charge in [0.2, 0.25) is 11.8 Å². The van der Waals surface area contributed by atoms with Crippen molar-refractivity contribution in [3.05, 3.63) is 250 Å². The molecule has 3 N–H and O–H groups in total. The molecule has 0 saturated carbocycles. The molecule has 0 spiro atoms. The van der Waals surface area contributed by atoms with Crippen LogP contribution in [0.15, 0.2) is 194 Å². The minimum atomic E-state index is -2.03. The summed E-state index contributed by atoms with van der Waals surface area (Å²) >= 11 is 0. The van der Waals surface area contributed by atoms with Crippen molar-refractivity contribution in [3.8, 4) is 0 Å². The number of benzene rings is 7. The van der Waals surface area contributed by atoms with Crippen LogP contribution >= 0.6 is 0 Å². The van der Waals surface area contributed by atoms with Crippen LogP contribution < -0.4 is 16.0 Å². The zero-order chi connectivity index (χ0) is 68.7. The summed E-state index contributed by atoms with van der Waals surface area (Å²) in [6.07, 6.45) is -2.21. The Morgan fingerprint density at radius 1 is 0.365 bits per heavy atom. The molecular formula is C72H67N9O15. The molecule has 0 aromatic heterocycles. The first-order valence-corrected chi connectivity index (χ1v) is 30.8. The van der Waals surface area contributed by atoms with Gasteiger partial charge in [0.1, 0.15) is 48.5 Å². The van der Waals surface area contributed by atoms with Crippen LogP contribution in [0, 0.1) is 0 Å². The topological polar surface area (TPSA) is 296 Å². The van der Waals surface area contributed by atoms with Crippen molar-refractivity contribution in [2.24, 2.45) is 0 Å². The molecule has 0 unspecified atom stereocenters. The van der Waals surface area contributed by atoms with Gasteiger partial charge in [0, 0.05) is 19.3 Å². The minimum absolute atomic E-state index is 0.102. The third kappa shape index (κ3) is 14.2. The van der Waals surface area contributed by atoms with E-state index >= 15 is 24.0 Å². The van der Waals surface area contributed by atoms with Gasteiger partial charge in [0.25, 0.3) is 53.2 Å². The van der Waals surface area contributed by atoms with Gasteiger partial charge in [-0.2, -0.15) is 15.0 Å². The van der Waals surface area contributed by atoms with Crippen molar-refractivity contribution >= 4 is 77.0 Å². The lowest BCUT2D eigenvalue weighted by Gasteiger charge is -2.39. The smallest absolute Gasteiger partial charge is 0.408 e. The molecule has 3 aliphatic heterocycles. The molecule has 7 aromatic rings. The summed E-state index contributed by atoms with van der Waals surface area (Å²) in [5.41, 5.74) is -0.0992. The van der Waals surface area contributed by atoms with Crippen LogP contribution in [0.2, 0.25) is 0 Å². The van der Waals surface area contributed by atoms with Crippen LogP contribution in [-0.2, 0) is 64.1 Å². The number of nitrogens with zero attached hydrogens (tertiary/aromatic N) is 6. The molecule has 0 saturated heterocycles. The van der Waals surface area contributed by atoms with E-state index in [9.17, 15) is 38.4 Å². The summed E-state index contributed by atoms with van der Waals surface area (Å²) < 4.78 is 11.2. The SMILES string of the molecule is C[C@H](C(=O)N[C@@H](Cc1ccccc1)C(=O)N([C@H](C)C(=O)N[C@@H](Cc1ccccc1)C(=O)N([C@H](C)C(=O)OCc1ccccc1)N1C(=O)c2ccccc2C1=O)N1C(=O)c2ccccc2C1=O)N(C(=O)[C@H](Cc1ccccc1)NC(=O)OC(C)(C)C)N1C(=O)c2ccccc2C1=O. The molecule has 7 aromatic carbocycles. The molecule has 490 valence electrons. The standard InChI is InChI=1S/C72H67N9O15/c1-43(59(82)74-57(40-47-27-13-8-14-28-47)68(91)78(45(3)70(93)95-42-49-31-17-10-18-32-49)81-65(88)54-37-23-24-38-55(54)66(81)89)76(79-61(84)50-33-19-20-34-51(50)62(79)85)67(90)56(39-46-25-11-7-12-26-46)73-60(83)44(2)77(80-63(86)52-35-21-22-36-53(52)64(80)87)69(92)58(41-48-29-15-9-16-30-48)75-71(94)96-72(4,5)6/h7-38,43-45,56-58H,39-42H2,1-6H3,(H,73,83)(H,74,82)(H,75,94)/t43-,44-,45-,56+,57+,58+/m1/s1. The maximum atomic E-state index is 16.2. The maximum absolute atomic E-state index is 16.2. The van der Waals surface area contributed by atoms with Crippen LogP contribution in [0.5, 0.6) is 0 Å². The predicted molar refractivity (Wildman–Crippen MR) is 343 cm³/mol. The summed E-state index contributed by atoms with van der Waals surface area (Å²) in [4.78, 5) is 194. The Labute approximate surface area is 551 Å². The highest BCUT2D eigenvalue weighted by molar-refractivity contribution is 6.24. The summed E-state index contributed by atoms with van der Waals surface area (Å²) in [6.45, 7) is 7.99. The lowest BCUT2D eigenvalue weighted by Crippen LogP contribution is -2.66. The normalized spacial score (nSPS) is 15.0. The average Bonchev–Trinajstić information content (AvgIpc) is 1.60. The quantitative estimate of drug-likeness (QED) is 0.0449. The van der Waals surface area contributed by atoms with Crippen molar-refractivity contribution in [3.63, 3.8) is 0 Å². The molecule has 0 bridgehead atoms. The van der Waals surface area contributed by atoms with E-state index in [-0.39, 0.29) is 46.4 Å². The number of alkyl carbamates (subject to hydrolysis) is 1. The number of hydrazine groups is 3. The van der Waals surface area contributed by atoms with Gasteiger partial charge in [-0.25, -0.2) is 24.6 Å². The first-order chi connectivity index (χ1) is 45.9. The van der Waals surface area contributed by atoms with Gasteiger partial charge in [-0.1, -0.05) is 158 Å². The number of amides is 12. The molecule has 12 amide bonds. The molecule has 0 aliphatic carbocycles. The first kappa shape index (κ1) is 67.0. The Balaban J connectivity index is 1.04. The second kappa shape index (κ2) is 28.5. The summed E-state index contributed by atoms with van der Waals surface area (Å²) in [7, 11) is 0. The van der Waals surface area contributed by atoms with E-state index in [0.29, 0.717) is 52.3 Å². The largest absolute Gasteiger partial charge is 0.459 e. The van der Waals surface area contributed by atoms with Gasteiger partial charge in [-0.15, -0.1) is 0 Å².